The van der Waals surface area contributed by atoms with Crippen LogP contribution in [0.1, 0.15) is 60.3 Å². The molecule has 0 radical (unpaired) electrons. The molecule has 0 saturated carbocycles. The van der Waals surface area contributed by atoms with Crippen LogP contribution in [-0.2, 0) is 22.3 Å². The molecule has 286 valence electrons. The molecule has 6 heterocycles. The number of ether oxygens (including phenoxy) is 3. The minimum atomic E-state index is -0.167. The van der Waals surface area contributed by atoms with Crippen LogP contribution in [0.3, 0.4) is 0 Å². The van der Waals surface area contributed by atoms with E-state index in [-0.39, 0.29) is 5.82 Å². The molecule has 4 aliphatic rings. The Balaban J connectivity index is 0.000000164. The number of piperazine rings is 2. The second-order valence-corrected chi connectivity index (χ2v) is 15.7. The fraction of sp³-hybridized carbons (Fsp3) is 0.590. The number of anilines is 2. The van der Waals surface area contributed by atoms with Gasteiger partial charge in [0.25, 0.3) is 0 Å². The van der Waals surface area contributed by atoms with Gasteiger partial charge in [-0.05, 0) is 73.9 Å². The van der Waals surface area contributed by atoms with Gasteiger partial charge in [0.15, 0.2) is 0 Å². The minimum absolute atomic E-state index is 0.167. The van der Waals surface area contributed by atoms with Gasteiger partial charge in [-0.3, -0.25) is 9.80 Å². The Morgan fingerprint density at radius 1 is 0.623 bits per heavy atom. The predicted molar refractivity (Wildman–Crippen MR) is 210 cm³/mol. The van der Waals surface area contributed by atoms with Crippen molar-refractivity contribution in [1.82, 2.24) is 28.5 Å². The topological polar surface area (TPSA) is 92.2 Å². The summed E-state index contributed by atoms with van der Waals surface area (Å²) < 4.78 is 38.3. The van der Waals surface area contributed by atoms with Crippen molar-refractivity contribution in [2.24, 2.45) is 0 Å². The molecular formula is C39H53FN8O3S2. The second kappa shape index (κ2) is 19.4. The van der Waals surface area contributed by atoms with Crippen molar-refractivity contribution in [2.75, 3.05) is 109 Å². The van der Waals surface area contributed by atoms with Gasteiger partial charge in [-0.25, -0.2) is 14.4 Å². The fourth-order valence-corrected chi connectivity index (χ4v) is 8.89. The van der Waals surface area contributed by atoms with Crippen molar-refractivity contribution >= 4 is 33.3 Å². The van der Waals surface area contributed by atoms with Crippen LogP contribution < -0.4 is 14.5 Å². The molecule has 4 saturated heterocycles. The number of methoxy groups -OCH3 is 1. The smallest absolute Gasteiger partial charge is 0.205 e. The molecule has 4 aliphatic heterocycles. The lowest BCUT2D eigenvalue weighted by atomic mass is 10.00. The zero-order chi connectivity index (χ0) is 36.2. The van der Waals surface area contributed by atoms with Crippen LogP contribution in [0.5, 0.6) is 5.75 Å². The van der Waals surface area contributed by atoms with Crippen LogP contribution in [0, 0.1) is 5.82 Å². The first-order valence-corrected chi connectivity index (χ1v) is 20.8. The summed E-state index contributed by atoms with van der Waals surface area (Å²) in [5.41, 5.74) is 2.56. The van der Waals surface area contributed by atoms with Crippen LogP contribution in [-0.4, -0.2) is 127 Å². The standard InChI is InChI=1S/C20H28N4O2S.C19H25FN4OS/c1-25-18-4-2-16(3-5-18)6-9-23-10-12-24(13-11-23)20-21-19(22-27-20)17-7-14-26-15-8-17;20-17-3-1-15(2-4-17)5-8-23-9-11-24(12-10-23)19-21-18(22-26-19)16-6-13-25-14-7-16/h2-5,17H,6-15H2,1H3;1-4,16H,5-14H2. The lowest BCUT2D eigenvalue weighted by molar-refractivity contribution is 0.0837. The summed E-state index contributed by atoms with van der Waals surface area (Å²) in [6.07, 6.45) is 6.22. The van der Waals surface area contributed by atoms with E-state index in [9.17, 15) is 4.39 Å². The highest BCUT2D eigenvalue weighted by Crippen LogP contribution is 2.30. The van der Waals surface area contributed by atoms with Crippen molar-refractivity contribution in [3.05, 3.63) is 77.1 Å². The Morgan fingerprint density at radius 2 is 1.04 bits per heavy atom. The summed E-state index contributed by atoms with van der Waals surface area (Å²) in [5, 5.41) is 2.15. The van der Waals surface area contributed by atoms with Gasteiger partial charge < -0.3 is 24.0 Å². The first-order valence-electron chi connectivity index (χ1n) is 19.2. The van der Waals surface area contributed by atoms with E-state index >= 15 is 0 Å². The maximum absolute atomic E-state index is 13.0. The zero-order valence-corrected chi connectivity index (χ0v) is 32.5. The molecule has 11 nitrogen and oxygen atoms in total. The largest absolute Gasteiger partial charge is 0.497 e. The van der Waals surface area contributed by atoms with E-state index < -0.39 is 0 Å². The fourth-order valence-electron chi connectivity index (χ4n) is 7.30. The monoisotopic (exact) mass is 764 g/mol. The lowest BCUT2D eigenvalue weighted by Crippen LogP contribution is -2.47. The van der Waals surface area contributed by atoms with Gasteiger partial charge in [0.2, 0.25) is 10.3 Å². The third-order valence-corrected chi connectivity index (χ3v) is 12.4. The van der Waals surface area contributed by atoms with E-state index in [0.29, 0.717) is 11.8 Å². The number of nitrogens with zero attached hydrogens (tertiary/aromatic N) is 8. The average molecular weight is 765 g/mol. The molecule has 0 N–H and O–H groups in total. The molecular weight excluding hydrogens is 712 g/mol. The van der Waals surface area contributed by atoms with Gasteiger partial charge >= 0.3 is 0 Å². The van der Waals surface area contributed by atoms with Crippen LogP contribution >= 0.6 is 23.1 Å². The van der Waals surface area contributed by atoms with Crippen LogP contribution in [0.15, 0.2) is 48.5 Å². The average Bonchev–Trinajstić information content (AvgIpc) is 3.93. The highest BCUT2D eigenvalue weighted by atomic mass is 32.1. The highest BCUT2D eigenvalue weighted by molar-refractivity contribution is 7.10. The van der Waals surface area contributed by atoms with Gasteiger partial charge in [-0.1, -0.05) is 24.3 Å². The van der Waals surface area contributed by atoms with E-state index in [4.69, 9.17) is 24.2 Å². The van der Waals surface area contributed by atoms with E-state index in [2.05, 4.69) is 40.5 Å². The number of halogens is 1. The molecule has 14 heteroatoms. The molecule has 0 bridgehead atoms. The lowest BCUT2D eigenvalue weighted by Gasteiger charge is -2.34. The Morgan fingerprint density at radius 3 is 1.45 bits per heavy atom. The molecule has 0 amide bonds. The van der Waals surface area contributed by atoms with E-state index in [1.165, 1.54) is 22.7 Å². The van der Waals surface area contributed by atoms with Crippen molar-refractivity contribution < 1.29 is 18.6 Å². The van der Waals surface area contributed by atoms with E-state index in [0.717, 1.165) is 158 Å². The Bertz CT molecular complexity index is 1650. The quantitative estimate of drug-likeness (QED) is 0.187. The number of hydrogen-bond acceptors (Lipinski definition) is 13. The number of rotatable bonds is 11. The van der Waals surface area contributed by atoms with Crippen molar-refractivity contribution in [2.45, 2.75) is 50.4 Å². The summed E-state index contributed by atoms with van der Waals surface area (Å²) in [6.45, 7) is 13.7. The molecule has 0 atom stereocenters. The number of benzene rings is 2. The SMILES string of the molecule is COc1ccc(CCN2CCN(c3nc(C4CCOCC4)ns3)CC2)cc1.Fc1ccc(CCN2CCN(c3nc(C4CCOCC4)ns3)CC2)cc1. The Hall–Kier alpha value is -3.27. The molecule has 2 aromatic carbocycles. The summed E-state index contributed by atoms with van der Waals surface area (Å²) in [6, 6.07) is 15.2. The maximum Gasteiger partial charge on any atom is 0.205 e. The first-order chi connectivity index (χ1) is 26.1. The van der Waals surface area contributed by atoms with E-state index in [1.54, 1.807) is 30.8 Å². The maximum atomic E-state index is 13.0. The molecule has 8 rings (SSSR count). The van der Waals surface area contributed by atoms with Crippen LogP contribution in [0.2, 0.25) is 0 Å². The van der Waals surface area contributed by atoms with E-state index in [1.807, 2.05) is 24.3 Å². The second-order valence-electron chi connectivity index (χ2n) is 14.3. The Kier molecular flexibility index (Phi) is 13.9. The third kappa shape index (κ3) is 10.9. The molecule has 0 unspecified atom stereocenters. The van der Waals surface area contributed by atoms with Crippen molar-refractivity contribution in [3.8, 4) is 5.75 Å². The van der Waals surface area contributed by atoms with Gasteiger partial charge in [0.05, 0.1) is 7.11 Å². The number of aromatic nitrogens is 4. The van der Waals surface area contributed by atoms with Crippen LogP contribution in [0.25, 0.3) is 0 Å². The van der Waals surface area contributed by atoms with Gasteiger partial charge in [-0.15, -0.1) is 0 Å². The number of hydrogen-bond donors (Lipinski definition) is 0. The van der Waals surface area contributed by atoms with Crippen molar-refractivity contribution in [3.63, 3.8) is 0 Å². The van der Waals surface area contributed by atoms with Gasteiger partial charge in [0.1, 0.15) is 23.2 Å². The first kappa shape index (κ1) is 38.0. The molecule has 0 aliphatic carbocycles. The predicted octanol–water partition coefficient (Wildman–Crippen LogP) is 5.74. The van der Waals surface area contributed by atoms with Gasteiger partial charge in [0, 0.05) is 127 Å². The normalized spacial score (nSPS) is 19.6. The third-order valence-electron chi connectivity index (χ3n) is 10.8. The highest BCUT2D eigenvalue weighted by Gasteiger charge is 2.26. The minimum Gasteiger partial charge on any atom is -0.497 e. The summed E-state index contributed by atoms with van der Waals surface area (Å²) in [5.74, 6) is 3.73. The van der Waals surface area contributed by atoms with Gasteiger partial charge in [-0.2, -0.15) is 8.75 Å². The summed E-state index contributed by atoms with van der Waals surface area (Å²) in [7, 11) is 1.71. The molecule has 2 aromatic heterocycles. The molecule has 0 spiro atoms. The molecule has 53 heavy (non-hydrogen) atoms. The summed E-state index contributed by atoms with van der Waals surface area (Å²) in [4.78, 5) is 19.4. The molecule has 4 fully saturated rings. The Labute approximate surface area is 321 Å². The zero-order valence-electron chi connectivity index (χ0n) is 30.9. The van der Waals surface area contributed by atoms with Crippen molar-refractivity contribution in [1.29, 1.82) is 0 Å². The summed E-state index contributed by atoms with van der Waals surface area (Å²) >= 11 is 3.09. The molecule has 4 aromatic rings. The van der Waals surface area contributed by atoms with Crippen LogP contribution in [0.4, 0.5) is 14.7 Å².